The van der Waals surface area contributed by atoms with Crippen LogP contribution in [0, 0.1) is 0 Å². The molecule has 1 rings (SSSR count). The van der Waals surface area contributed by atoms with Crippen LogP contribution in [-0.4, -0.2) is 37.5 Å². The molecule has 0 bridgehead atoms. The van der Waals surface area contributed by atoms with Crippen molar-refractivity contribution in [1.82, 2.24) is 5.32 Å². The first-order valence-corrected chi connectivity index (χ1v) is 3.26. The highest BCUT2D eigenvalue weighted by molar-refractivity contribution is 4.76. The van der Waals surface area contributed by atoms with Crippen LogP contribution in [0.1, 0.15) is 6.42 Å². The Morgan fingerprint density at radius 3 is 2.89 bits per heavy atom. The molecule has 0 saturated carbocycles. The molecule has 0 unspecified atom stereocenters. The van der Waals surface area contributed by atoms with Gasteiger partial charge in [-0.3, -0.25) is 0 Å². The van der Waals surface area contributed by atoms with E-state index < -0.39 is 0 Å². The van der Waals surface area contributed by atoms with Gasteiger partial charge in [0.05, 0.1) is 12.2 Å². The number of piperidine rings is 1. The van der Waals surface area contributed by atoms with Gasteiger partial charge in [0.1, 0.15) is 0 Å². The summed E-state index contributed by atoms with van der Waals surface area (Å²) in [5.74, 6) is 0. The molecule has 3 nitrogen and oxygen atoms in total. The Labute approximate surface area is 55.0 Å². The fourth-order valence-electron chi connectivity index (χ4n) is 1.06. The van der Waals surface area contributed by atoms with Crippen molar-refractivity contribution in [2.75, 3.05) is 20.2 Å². The quantitative estimate of drug-likeness (QED) is 0.497. The van der Waals surface area contributed by atoms with Crippen LogP contribution in [0.3, 0.4) is 0 Å². The Hall–Kier alpha value is -0.120. The number of nitrogens with one attached hydrogen (secondary N) is 1. The summed E-state index contributed by atoms with van der Waals surface area (Å²) in [5, 5.41) is 12.3. The maximum atomic E-state index is 9.20. The van der Waals surface area contributed by atoms with Gasteiger partial charge in [0, 0.05) is 13.7 Å². The van der Waals surface area contributed by atoms with Crippen molar-refractivity contribution in [2.24, 2.45) is 0 Å². The molecule has 1 heterocycles. The molecule has 0 amide bonds. The zero-order chi connectivity index (χ0) is 6.69. The van der Waals surface area contributed by atoms with Gasteiger partial charge in [0.2, 0.25) is 0 Å². The lowest BCUT2D eigenvalue weighted by Crippen LogP contribution is -2.44. The summed E-state index contributed by atoms with van der Waals surface area (Å²) in [4.78, 5) is 0. The van der Waals surface area contributed by atoms with E-state index in [1.165, 1.54) is 0 Å². The number of methoxy groups -OCH3 is 1. The average molecular weight is 131 g/mol. The molecule has 54 valence electrons. The van der Waals surface area contributed by atoms with Crippen molar-refractivity contribution in [3.8, 4) is 0 Å². The van der Waals surface area contributed by atoms with Crippen molar-refractivity contribution < 1.29 is 9.84 Å². The van der Waals surface area contributed by atoms with Gasteiger partial charge in [-0.1, -0.05) is 0 Å². The Morgan fingerprint density at radius 1 is 1.67 bits per heavy atom. The summed E-state index contributed by atoms with van der Waals surface area (Å²) in [6.07, 6.45) is 0.536. The largest absolute Gasteiger partial charge is 0.390 e. The summed E-state index contributed by atoms with van der Waals surface area (Å²) in [5.41, 5.74) is 0. The number of aliphatic hydroxyl groups is 1. The lowest BCUT2D eigenvalue weighted by Gasteiger charge is -2.26. The molecule has 9 heavy (non-hydrogen) atoms. The van der Waals surface area contributed by atoms with E-state index in [0.29, 0.717) is 0 Å². The molecular weight excluding hydrogens is 118 g/mol. The lowest BCUT2D eigenvalue weighted by molar-refractivity contribution is -0.0273. The maximum Gasteiger partial charge on any atom is 0.0954 e. The molecule has 1 saturated heterocycles. The number of hydrogen-bond donors (Lipinski definition) is 2. The van der Waals surface area contributed by atoms with Crippen LogP contribution in [0.5, 0.6) is 0 Å². The van der Waals surface area contributed by atoms with Crippen LogP contribution >= 0.6 is 0 Å². The van der Waals surface area contributed by atoms with Gasteiger partial charge in [0.15, 0.2) is 0 Å². The summed E-state index contributed by atoms with van der Waals surface area (Å²) < 4.78 is 4.99. The normalized spacial score (nSPS) is 36.7. The number of aliphatic hydroxyl groups excluding tert-OH is 1. The summed E-state index contributed by atoms with van der Waals surface area (Å²) >= 11 is 0. The zero-order valence-corrected chi connectivity index (χ0v) is 5.63. The number of hydrogen-bond acceptors (Lipinski definition) is 3. The molecule has 0 aromatic rings. The first-order valence-electron chi connectivity index (χ1n) is 3.26. The van der Waals surface area contributed by atoms with Crippen molar-refractivity contribution in [3.63, 3.8) is 0 Å². The Bertz CT molecular complexity index is 87.1. The van der Waals surface area contributed by atoms with Crippen LogP contribution in [0.25, 0.3) is 0 Å². The minimum absolute atomic E-state index is 0.00116. The van der Waals surface area contributed by atoms with E-state index in [9.17, 15) is 5.11 Å². The molecule has 0 radical (unpaired) electrons. The van der Waals surface area contributed by atoms with E-state index in [0.717, 1.165) is 19.5 Å². The second-order valence-corrected chi connectivity index (χ2v) is 2.33. The highest BCUT2D eigenvalue weighted by Gasteiger charge is 2.21. The zero-order valence-electron chi connectivity index (χ0n) is 5.63. The van der Waals surface area contributed by atoms with Crippen LogP contribution in [-0.2, 0) is 4.74 Å². The van der Waals surface area contributed by atoms with Gasteiger partial charge >= 0.3 is 0 Å². The SMILES string of the molecule is CO[C@@H]1CNCC[C@H]1O. The van der Waals surface area contributed by atoms with E-state index >= 15 is 0 Å². The topological polar surface area (TPSA) is 41.5 Å². The standard InChI is InChI=1S/C6H13NO2/c1-9-6-4-7-3-2-5(6)8/h5-8H,2-4H2,1H3/t5-,6-/m1/s1. The van der Waals surface area contributed by atoms with Gasteiger partial charge in [-0.05, 0) is 13.0 Å². The first-order chi connectivity index (χ1) is 4.34. The lowest BCUT2D eigenvalue weighted by atomic mass is 10.1. The molecule has 0 aromatic carbocycles. The third kappa shape index (κ3) is 1.64. The molecule has 2 atom stereocenters. The minimum Gasteiger partial charge on any atom is -0.390 e. The monoisotopic (exact) mass is 131 g/mol. The number of rotatable bonds is 1. The predicted octanol–water partition coefficient (Wildman–Crippen LogP) is -0.644. The fraction of sp³-hybridized carbons (Fsp3) is 1.00. The van der Waals surface area contributed by atoms with Crippen LogP contribution in [0.15, 0.2) is 0 Å². The number of ether oxygens (including phenoxy) is 1. The maximum absolute atomic E-state index is 9.20. The van der Waals surface area contributed by atoms with Crippen molar-refractivity contribution in [3.05, 3.63) is 0 Å². The molecule has 0 spiro atoms. The van der Waals surface area contributed by atoms with Gasteiger partial charge in [-0.15, -0.1) is 0 Å². The molecular formula is C6H13NO2. The summed E-state index contributed by atoms with van der Waals surface area (Å²) in [6, 6.07) is 0. The molecule has 0 aliphatic carbocycles. The predicted molar refractivity (Wildman–Crippen MR) is 34.3 cm³/mol. The van der Waals surface area contributed by atoms with Gasteiger partial charge in [-0.2, -0.15) is 0 Å². The van der Waals surface area contributed by atoms with E-state index in [4.69, 9.17) is 4.74 Å². The molecule has 2 N–H and O–H groups in total. The van der Waals surface area contributed by atoms with Crippen LogP contribution in [0.4, 0.5) is 0 Å². The highest BCUT2D eigenvalue weighted by Crippen LogP contribution is 2.05. The average Bonchev–Trinajstić information content (AvgIpc) is 1.89. The molecule has 1 fully saturated rings. The molecule has 1 aliphatic heterocycles. The third-order valence-corrected chi connectivity index (χ3v) is 1.69. The van der Waals surface area contributed by atoms with Crippen LogP contribution < -0.4 is 5.32 Å². The van der Waals surface area contributed by atoms with Crippen LogP contribution in [0.2, 0.25) is 0 Å². The second kappa shape index (κ2) is 3.15. The van der Waals surface area contributed by atoms with E-state index in [-0.39, 0.29) is 12.2 Å². The Morgan fingerprint density at radius 2 is 2.44 bits per heavy atom. The van der Waals surface area contributed by atoms with Crippen molar-refractivity contribution in [2.45, 2.75) is 18.6 Å². The van der Waals surface area contributed by atoms with Gasteiger partial charge in [-0.25, -0.2) is 0 Å². The molecule has 1 aliphatic rings. The molecule has 3 heteroatoms. The Balaban J connectivity index is 2.30. The van der Waals surface area contributed by atoms with Crippen molar-refractivity contribution >= 4 is 0 Å². The van der Waals surface area contributed by atoms with E-state index in [2.05, 4.69) is 5.32 Å². The second-order valence-electron chi connectivity index (χ2n) is 2.33. The fourth-order valence-corrected chi connectivity index (χ4v) is 1.06. The Kier molecular flexibility index (Phi) is 2.45. The highest BCUT2D eigenvalue weighted by atomic mass is 16.5. The van der Waals surface area contributed by atoms with Gasteiger partial charge in [0.25, 0.3) is 0 Å². The minimum atomic E-state index is -0.267. The van der Waals surface area contributed by atoms with E-state index in [1.54, 1.807) is 7.11 Å². The van der Waals surface area contributed by atoms with Gasteiger partial charge < -0.3 is 15.2 Å². The summed E-state index contributed by atoms with van der Waals surface area (Å²) in [6.45, 7) is 1.68. The van der Waals surface area contributed by atoms with Crippen molar-refractivity contribution in [1.29, 1.82) is 0 Å². The smallest absolute Gasteiger partial charge is 0.0954 e. The van der Waals surface area contributed by atoms with E-state index in [1.807, 2.05) is 0 Å². The first kappa shape index (κ1) is 6.99. The summed E-state index contributed by atoms with van der Waals surface area (Å²) in [7, 11) is 1.63. The third-order valence-electron chi connectivity index (χ3n) is 1.69. The molecule has 0 aromatic heterocycles.